The average Bonchev–Trinajstić information content (AvgIpc) is 3.00. The fourth-order valence-electron chi connectivity index (χ4n) is 4.34. The van der Waals surface area contributed by atoms with Gasteiger partial charge in [-0.05, 0) is 41.8 Å². The first-order chi connectivity index (χ1) is 20.4. The maximum absolute atomic E-state index is 15.5. The van der Waals surface area contributed by atoms with Crippen LogP contribution in [-0.4, -0.2) is 31.6 Å². The van der Waals surface area contributed by atoms with Gasteiger partial charge < -0.3 is 25.3 Å². The number of para-hydroxylation sites is 1. The van der Waals surface area contributed by atoms with Crippen LogP contribution in [0.1, 0.15) is 35.3 Å². The van der Waals surface area contributed by atoms with Gasteiger partial charge in [0, 0.05) is 24.3 Å². The van der Waals surface area contributed by atoms with E-state index in [1.165, 1.54) is 12.1 Å². The lowest BCUT2D eigenvalue weighted by atomic mass is 9.99. The van der Waals surface area contributed by atoms with Crippen LogP contribution < -0.4 is 15.8 Å². The summed E-state index contributed by atoms with van der Waals surface area (Å²) in [6.07, 6.45) is -1.49. The normalized spacial score (nSPS) is 11.3. The number of benzene rings is 4. The Morgan fingerprint density at radius 2 is 1.56 bits per heavy atom. The van der Waals surface area contributed by atoms with Crippen molar-refractivity contribution in [3.05, 3.63) is 125 Å². The van der Waals surface area contributed by atoms with E-state index in [0.29, 0.717) is 30.1 Å². The second kappa shape index (κ2) is 16.4. The van der Waals surface area contributed by atoms with E-state index in [0.717, 1.165) is 11.1 Å². The van der Waals surface area contributed by atoms with E-state index in [1.807, 2.05) is 30.3 Å². The molecule has 0 saturated heterocycles. The van der Waals surface area contributed by atoms with E-state index in [9.17, 15) is 4.79 Å². The molecule has 226 valence electrons. The van der Waals surface area contributed by atoms with Crippen LogP contribution in [0.5, 0.6) is 5.75 Å². The molecule has 1 amide bonds. The van der Waals surface area contributed by atoms with Crippen LogP contribution in [0.2, 0.25) is 0 Å². The summed E-state index contributed by atoms with van der Waals surface area (Å²) >= 11 is 0. The van der Waals surface area contributed by atoms with E-state index in [2.05, 4.69) is 5.32 Å². The molecule has 0 aliphatic carbocycles. The van der Waals surface area contributed by atoms with Crippen molar-refractivity contribution in [2.24, 2.45) is 5.73 Å². The zero-order chi connectivity index (χ0) is 29.9. The van der Waals surface area contributed by atoms with Gasteiger partial charge in [-0.3, -0.25) is 10.2 Å². The van der Waals surface area contributed by atoms with Gasteiger partial charge >= 0.3 is 0 Å². The Morgan fingerprint density at radius 3 is 2.21 bits per heavy atom. The first-order valence-corrected chi connectivity index (χ1v) is 13.5. The molecule has 7 nitrogen and oxygen atoms in total. The minimum atomic E-state index is -1.49. The lowest BCUT2D eigenvalue weighted by molar-refractivity contribution is -0.133. The summed E-state index contributed by atoms with van der Waals surface area (Å²) in [5.74, 6) is -2.13. The molecule has 0 aromatic heterocycles. The molecule has 4 aromatic carbocycles. The number of ether oxygens (including phenoxy) is 3. The van der Waals surface area contributed by atoms with Gasteiger partial charge in [0.25, 0.3) is 5.91 Å². The van der Waals surface area contributed by atoms with Gasteiger partial charge in [0.1, 0.15) is 29.8 Å². The number of nitrogens with one attached hydrogen (secondary N) is 2. The van der Waals surface area contributed by atoms with Crippen LogP contribution in [0.25, 0.3) is 11.1 Å². The van der Waals surface area contributed by atoms with Crippen LogP contribution in [0.3, 0.4) is 0 Å². The molecule has 0 fully saturated rings. The minimum absolute atomic E-state index is 0. The van der Waals surface area contributed by atoms with Crippen molar-refractivity contribution in [3.63, 3.8) is 0 Å². The molecule has 4 N–H and O–H groups in total. The third-order valence-electron chi connectivity index (χ3n) is 6.44. The van der Waals surface area contributed by atoms with Gasteiger partial charge in [-0.25, -0.2) is 8.78 Å². The third-order valence-corrected chi connectivity index (χ3v) is 6.44. The Kier molecular flexibility index (Phi) is 12.6. The lowest BCUT2D eigenvalue weighted by Gasteiger charge is -2.20. The molecule has 1 unspecified atom stereocenters. The molecule has 4 aromatic rings. The van der Waals surface area contributed by atoms with Crippen molar-refractivity contribution >= 4 is 24.1 Å². The monoisotopic (exact) mass is 609 g/mol. The molecule has 0 saturated carbocycles. The van der Waals surface area contributed by atoms with Crippen molar-refractivity contribution in [2.75, 3.05) is 19.8 Å². The maximum atomic E-state index is 15.5. The molecule has 0 heterocycles. The highest BCUT2D eigenvalue weighted by atomic mass is 35.5. The van der Waals surface area contributed by atoms with Gasteiger partial charge in [0.05, 0.1) is 18.8 Å². The summed E-state index contributed by atoms with van der Waals surface area (Å²) in [6, 6.07) is 25.8. The predicted octanol–water partition coefficient (Wildman–Crippen LogP) is 6.33. The number of carbonyl (C=O) groups excluding carboxylic acids is 1. The van der Waals surface area contributed by atoms with Gasteiger partial charge in [0.15, 0.2) is 6.10 Å². The smallest absolute Gasteiger partial charge is 0.254 e. The number of amidine groups is 1. The molecule has 0 aliphatic heterocycles. The Hall–Kier alpha value is -4.31. The van der Waals surface area contributed by atoms with Gasteiger partial charge in [-0.1, -0.05) is 72.8 Å². The largest absolute Gasteiger partial charge is 0.491 e. The van der Waals surface area contributed by atoms with Crippen molar-refractivity contribution in [1.29, 1.82) is 5.41 Å². The van der Waals surface area contributed by atoms with Crippen molar-refractivity contribution in [3.8, 4) is 16.9 Å². The van der Waals surface area contributed by atoms with Gasteiger partial charge in [-0.2, -0.15) is 0 Å². The van der Waals surface area contributed by atoms with Crippen molar-refractivity contribution in [1.82, 2.24) is 5.32 Å². The van der Waals surface area contributed by atoms with Crippen LogP contribution in [0.15, 0.2) is 91.0 Å². The molecule has 0 aliphatic rings. The summed E-state index contributed by atoms with van der Waals surface area (Å²) in [6.45, 7) is 2.83. The molecule has 43 heavy (non-hydrogen) atoms. The van der Waals surface area contributed by atoms with Crippen LogP contribution in [0.4, 0.5) is 8.78 Å². The van der Waals surface area contributed by atoms with Crippen LogP contribution in [-0.2, 0) is 27.4 Å². The fraction of sp³-hybridized carbons (Fsp3) is 0.212. The van der Waals surface area contributed by atoms with E-state index < -0.39 is 29.2 Å². The summed E-state index contributed by atoms with van der Waals surface area (Å²) in [5, 5.41) is 10.1. The number of amides is 1. The third kappa shape index (κ3) is 9.09. The van der Waals surface area contributed by atoms with Crippen LogP contribution in [0, 0.1) is 17.0 Å². The number of carbonyl (C=O) groups is 1. The lowest BCUT2D eigenvalue weighted by Crippen LogP contribution is -2.31. The molecule has 0 bridgehead atoms. The van der Waals surface area contributed by atoms with E-state index in [4.69, 9.17) is 25.4 Å². The highest BCUT2D eigenvalue weighted by Gasteiger charge is 2.28. The molecule has 0 spiro atoms. The molecular weight excluding hydrogens is 576 g/mol. The Bertz CT molecular complexity index is 1480. The second-order valence-corrected chi connectivity index (χ2v) is 9.40. The van der Waals surface area contributed by atoms with Gasteiger partial charge in [-0.15, -0.1) is 12.4 Å². The Labute approximate surface area is 255 Å². The molecule has 10 heteroatoms. The van der Waals surface area contributed by atoms with Crippen molar-refractivity contribution < 1.29 is 27.8 Å². The van der Waals surface area contributed by atoms with E-state index in [1.54, 1.807) is 55.5 Å². The van der Waals surface area contributed by atoms with E-state index >= 15 is 8.78 Å². The second-order valence-electron chi connectivity index (χ2n) is 9.40. The number of halogens is 3. The Balaban J connectivity index is 0.00000506. The molecule has 0 radical (unpaired) electrons. The summed E-state index contributed by atoms with van der Waals surface area (Å²) in [7, 11) is 0. The number of nitrogens with two attached hydrogens (primary N) is 1. The predicted molar refractivity (Wildman–Crippen MR) is 164 cm³/mol. The molecule has 1 atom stereocenters. The molecular formula is C33H34ClF2N3O4. The van der Waals surface area contributed by atoms with Crippen LogP contribution >= 0.6 is 12.4 Å². The topological polar surface area (TPSA) is 107 Å². The Morgan fingerprint density at radius 1 is 0.907 bits per heavy atom. The first kappa shape index (κ1) is 33.2. The number of rotatable bonds is 14. The molecule has 4 rings (SSSR count). The minimum Gasteiger partial charge on any atom is -0.491 e. The maximum Gasteiger partial charge on any atom is 0.254 e. The average molecular weight is 610 g/mol. The summed E-state index contributed by atoms with van der Waals surface area (Å²) < 4.78 is 48.0. The quantitative estimate of drug-likeness (QED) is 0.0880. The van der Waals surface area contributed by atoms with Gasteiger partial charge in [0.2, 0.25) is 0 Å². The highest BCUT2D eigenvalue weighted by Crippen LogP contribution is 2.34. The highest BCUT2D eigenvalue weighted by molar-refractivity contribution is 5.94. The van der Waals surface area contributed by atoms with E-state index in [-0.39, 0.29) is 43.6 Å². The number of hydrogen-bond acceptors (Lipinski definition) is 5. The first-order valence-electron chi connectivity index (χ1n) is 13.5. The van der Waals surface area contributed by atoms with Crippen molar-refractivity contribution in [2.45, 2.75) is 26.2 Å². The zero-order valence-corrected chi connectivity index (χ0v) is 24.5. The standard InChI is InChI=1S/C33H33F2N3O4.ClH/c1-2-41-31(33(39)38-20-22-12-14-24(15-13-22)32(36)37)30-27(34)18-25(19-28(30)35)26-10-6-7-11-29(26)42-17-16-40-21-23-8-4-3-5-9-23;/h3-15,18-19,31H,2,16-17,20-21H2,1H3,(H3,36,37)(H,38,39);1H. The summed E-state index contributed by atoms with van der Waals surface area (Å²) in [4.78, 5) is 13.0. The number of nitrogen functional groups attached to an aromatic ring is 1. The zero-order valence-electron chi connectivity index (χ0n) is 23.6. The summed E-state index contributed by atoms with van der Waals surface area (Å²) in [5.41, 5.74) is 8.07. The SMILES string of the molecule is CCOC(C(=O)NCc1ccc(C(=N)N)cc1)c1c(F)cc(-c2ccccc2OCCOCc2ccccc2)cc1F.Cl. The number of hydrogen-bond donors (Lipinski definition) is 3. The fourth-order valence-corrected chi connectivity index (χ4v) is 4.34.